The Balaban J connectivity index is 1.05. The van der Waals surface area contributed by atoms with E-state index in [4.69, 9.17) is 9.97 Å². The zero-order valence-electron chi connectivity index (χ0n) is 31.4. The molecular weight excluding hydrogens is 711 g/mol. The number of hydrogen-bond donors (Lipinski definition) is 0. The van der Waals surface area contributed by atoms with Crippen molar-refractivity contribution in [2.24, 2.45) is 0 Å². The Kier molecular flexibility index (Phi) is 7.98. The summed E-state index contributed by atoms with van der Waals surface area (Å²) in [5.41, 5.74) is 15.9. The Hall–Kier alpha value is -6.67. The van der Waals surface area contributed by atoms with Crippen molar-refractivity contribution in [3.8, 4) is 73.4 Å². The summed E-state index contributed by atoms with van der Waals surface area (Å²) in [5.74, 6) is 0.712. The van der Waals surface area contributed by atoms with E-state index >= 15 is 0 Å². The van der Waals surface area contributed by atoms with Gasteiger partial charge in [-0.25, -0.2) is 9.97 Å². The minimum Gasteiger partial charge on any atom is -0.228 e. The molecule has 11 rings (SSSR count). The van der Waals surface area contributed by atoms with Gasteiger partial charge in [0.1, 0.15) is 0 Å². The zero-order chi connectivity index (χ0) is 37.9. The Morgan fingerprint density at radius 3 is 1.96 bits per heavy atom. The molecule has 2 heterocycles. The average Bonchev–Trinajstić information content (AvgIpc) is 3.79. The molecule has 1 saturated carbocycles. The van der Waals surface area contributed by atoms with Crippen molar-refractivity contribution in [2.75, 3.05) is 0 Å². The first kappa shape index (κ1) is 33.6. The summed E-state index contributed by atoms with van der Waals surface area (Å²) in [6.45, 7) is 0. The molecule has 0 bridgehead atoms. The maximum Gasteiger partial charge on any atom is 0.160 e. The van der Waals surface area contributed by atoms with Gasteiger partial charge >= 0.3 is 0 Å². The number of benzene rings is 7. The highest BCUT2D eigenvalue weighted by Crippen LogP contribution is 2.58. The fraction of sp³-hybridized carbons (Fsp3) is 0.113. The number of rotatable bonds is 5. The van der Waals surface area contributed by atoms with Crippen LogP contribution in [0.1, 0.15) is 48.8 Å². The number of hydrogen-bond acceptors (Lipinski definition) is 4. The van der Waals surface area contributed by atoms with E-state index in [9.17, 15) is 5.26 Å². The first-order valence-corrected chi connectivity index (χ1v) is 20.7. The van der Waals surface area contributed by atoms with Crippen LogP contribution in [0.2, 0.25) is 0 Å². The van der Waals surface area contributed by atoms with Gasteiger partial charge in [0.05, 0.1) is 23.0 Å². The minimum atomic E-state index is 0.0277. The zero-order valence-corrected chi connectivity index (χ0v) is 32.2. The Morgan fingerprint density at radius 1 is 0.491 bits per heavy atom. The van der Waals surface area contributed by atoms with Gasteiger partial charge in [0.25, 0.3) is 0 Å². The highest BCUT2D eigenvalue weighted by atomic mass is 32.1. The van der Waals surface area contributed by atoms with Gasteiger partial charge in [-0.15, -0.1) is 11.3 Å². The van der Waals surface area contributed by atoms with E-state index in [-0.39, 0.29) is 5.41 Å². The molecule has 0 atom stereocenters. The number of thiophene rings is 1. The molecular formula is C53H37N3S. The van der Waals surface area contributed by atoms with Gasteiger partial charge in [0.2, 0.25) is 0 Å². The summed E-state index contributed by atoms with van der Waals surface area (Å²) in [5, 5.41) is 12.4. The fourth-order valence-electron chi connectivity index (χ4n) is 9.64. The van der Waals surface area contributed by atoms with E-state index in [0.717, 1.165) is 46.5 Å². The van der Waals surface area contributed by atoms with E-state index in [2.05, 4.69) is 140 Å². The molecule has 1 spiro atoms. The van der Waals surface area contributed by atoms with Crippen molar-refractivity contribution in [3.05, 3.63) is 180 Å². The summed E-state index contributed by atoms with van der Waals surface area (Å²) >= 11 is 1.83. The molecule has 7 aromatic carbocycles. The summed E-state index contributed by atoms with van der Waals surface area (Å²) in [6.07, 6.45) is 6.08. The van der Waals surface area contributed by atoms with Crippen LogP contribution in [0.3, 0.4) is 0 Å². The van der Waals surface area contributed by atoms with Crippen LogP contribution in [0.4, 0.5) is 0 Å². The summed E-state index contributed by atoms with van der Waals surface area (Å²) in [6, 6.07) is 60.9. The van der Waals surface area contributed by atoms with E-state index in [1.165, 1.54) is 83.9 Å². The van der Waals surface area contributed by atoms with Gasteiger partial charge in [-0.3, -0.25) is 0 Å². The monoisotopic (exact) mass is 747 g/mol. The average molecular weight is 748 g/mol. The van der Waals surface area contributed by atoms with Crippen LogP contribution < -0.4 is 0 Å². The molecule has 2 aromatic heterocycles. The van der Waals surface area contributed by atoms with Crippen molar-refractivity contribution < 1.29 is 0 Å². The standard InChI is InChI=1S/C53H37N3S/c54-33-34-20-26-45-44(30-34)50-40(16-11-19-46(50)53(45)28-8-3-9-29-53)39-25-27-49-43(31-39)41-17-10-18-42(51(41)57-49)48-32-47(55-52(56-48)38-14-6-2-7-15-38)37-23-21-36(22-24-37)35-12-4-1-5-13-35/h1-2,4-7,10-27,30-32H,3,8-9,28-29H2. The van der Waals surface area contributed by atoms with Crippen LogP contribution in [0.25, 0.3) is 87.5 Å². The maximum absolute atomic E-state index is 9.94. The third-order valence-corrected chi connectivity index (χ3v) is 13.6. The van der Waals surface area contributed by atoms with Crippen LogP contribution in [-0.2, 0) is 5.41 Å². The van der Waals surface area contributed by atoms with E-state index in [0.29, 0.717) is 5.82 Å². The number of fused-ring (bicyclic) bond motifs is 8. The third kappa shape index (κ3) is 5.53. The lowest BCUT2D eigenvalue weighted by Crippen LogP contribution is -2.28. The minimum absolute atomic E-state index is 0.0277. The van der Waals surface area contributed by atoms with Gasteiger partial charge in [-0.05, 0) is 87.7 Å². The van der Waals surface area contributed by atoms with Crippen molar-refractivity contribution in [1.29, 1.82) is 5.26 Å². The second-order valence-corrected chi connectivity index (χ2v) is 16.6. The maximum atomic E-state index is 9.94. The molecule has 4 heteroatoms. The van der Waals surface area contributed by atoms with Gasteiger partial charge in [-0.1, -0.05) is 153 Å². The molecule has 0 radical (unpaired) electrons. The van der Waals surface area contributed by atoms with Crippen LogP contribution >= 0.6 is 11.3 Å². The second-order valence-electron chi connectivity index (χ2n) is 15.5. The molecule has 9 aromatic rings. The van der Waals surface area contributed by atoms with Crippen molar-refractivity contribution in [2.45, 2.75) is 37.5 Å². The topological polar surface area (TPSA) is 49.6 Å². The van der Waals surface area contributed by atoms with Crippen LogP contribution in [0.5, 0.6) is 0 Å². The Morgan fingerprint density at radius 2 is 1.18 bits per heavy atom. The molecule has 3 nitrogen and oxygen atoms in total. The molecule has 57 heavy (non-hydrogen) atoms. The lowest BCUT2D eigenvalue weighted by molar-refractivity contribution is 0.353. The molecule has 2 aliphatic carbocycles. The van der Waals surface area contributed by atoms with Crippen molar-refractivity contribution in [3.63, 3.8) is 0 Å². The smallest absolute Gasteiger partial charge is 0.160 e. The van der Waals surface area contributed by atoms with Gasteiger partial charge in [-0.2, -0.15) is 5.26 Å². The van der Waals surface area contributed by atoms with Gasteiger partial charge < -0.3 is 0 Å². The van der Waals surface area contributed by atoms with E-state index in [1.54, 1.807) is 0 Å². The fourth-order valence-corrected chi connectivity index (χ4v) is 10.8. The summed E-state index contributed by atoms with van der Waals surface area (Å²) in [4.78, 5) is 10.4. The lowest BCUT2D eigenvalue weighted by atomic mass is 9.67. The second kappa shape index (κ2) is 13.5. The SMILES string of the molecule is N#Cc1ccc2c(c1)-c1c(-c3ccc4sc5c(-c6cc(-c7ccc(-c8ccccc8)cc7)nc(-c7ccccc7)n6)cccc5c4c3)cccc1C21CCCCC1. The van der Waals surface area contributed by atoms with Crippen molar-refractivity contribution in [1.82, 2.24) is 9.97 Å². The molecule has 0 aliphatic heterocycles. The normalized spacial score (nSPS) is 14.1. The largest absolute Gasteiger partial charge is 0.228 e. The third-order valence-electron chi connectivity index (χ3n) is 12.4. The molecule has 2 aliphatic rings. The molecule has 0 amide bonds. The van der Waals surface area contributed by atoms with Gasteiger partial charge in [0.15, 0.2) is 5.82 Å². The molecule has 270 valence electrons. The van der Waals surface area contributed by atoms with Gasteiger partial charge in [0, 0.05) is 42.3 Å². The van der Waals surface area contributed by atoms with Crippen molar-refractivity contribution >= 4 is 31.5 Å². The Bertz CT molecular complexity index is 3040. The molecule has 0 N–H and O–H groups in total. The van der Waals surface area contributed by atoms with Crippen LogP contribution in [0.15, 0.2) is 164 Å². The quantitative estimate of drug-likeness (QED) is 0.176. The highest BCUT2D eigenvalue weighted by Gasteiger charge is 2.44. The van der Waals surface area contributed by atoms with E-state index < -0.39 is 0 Å². The highest BCUT2D eigenvalue weighted by molar-refractivity contribution is 7.26. The predicted octanol–water partition coefficient (Wildman–Crippen LogP) is 14.3. The first-order chi connectivity index (χ1) is 28.2. The summed E-state index contributed by atoms with van der Waals surface area (Å²) in [7, 11) is 0. The van der Waals surface area contributed by atoms with E-state index in [1.807, 2.05) is 41.7 Å². The van der Waals surface area contributed by atoms with Crippen LogP contribution in [-0.4, -0.2) is 9.97 Å². The number of nitrogens with zero attached hydrogens (tertiary/aromatic N) is 3. The molecule has 0 saturated heterocycles. The Labute approximate surface area is 336 Å². The predicted molar refractivity (Wildman–Crippen MR) is 236 cm³/mol. The molecule has 1 fully saturated rings. The first-order valence-electron chi connectivity index (χ1n) is 19.9. The van der Waals surface area contributed by atoms with Crippen LogP contribution in [0, 0.1) is 11.3 Å². The number of aromatic nitrogens is 2. The number of nitriles is 1. The molecule has 0 unspecified atom stereocenters. The summed E-state index contributed by atoms with van der Waals surface area (Å²) < 4.78 is 2.47. The lowest BCUT2D eigenvalue weighted by Gasteiger charge is -2.36.